The molecule has 0 aliphatic rings. The Morgan fingerprint density at radius 3 is 2.40 bits per heavy atom. The van der Waals surface area contributed by atoms with E-state index in [2.05, 4.69) is 17.0 Å². The van der Waals surface area contributed by atoms with Gasteiger partial charge in [-0.15, -0.1) is 0 Å². The van der Waals surface area contributed by atoms with E-state index < -0.39 is 0 Å². The van der Waals surface area contributed by atoms with Crippen LogP contribution in [0, 0.1) is 0 Å². The predicted molar refractivity (Wildman–Crippen MR) is 83.5 cm³/mol. The summed E-state index contributed by atoms with van der Waals surface area (Å²) in [7, 11) is 0. The van der Waals surface area contributed by atoms with Crippen LogP contribution in [0.1, 0.15) is 11.1 Å². The van der Waals surface area contributed by atoms with Crippen molar-refractivity contribution in [1.82, 2.24) is 4.90 Å². The molecule has 20 heavy (non-hydrogen) atoms. The lowest BCUT2D eigenvalue weighted by molar-refractivity contribution is 0.184. The standard InChI is InChI=1S/C16H19ClN2O/c17-15-7-4-8-16(18)14(15)12-19(9-10-20)11-13-5-2-1-3-6-13/h1-8,20H,9-12,18H2. The molecular formula is C16H19ClN2O. The second-order valence-electron chi connectivity index (χ2n) is 4.73. The number of nitrogens with zero attached hydrogens (tertiary/aromatic N) is 1. The fourth-order valence-electron chi connectivity index (χ4n) is 2.16. The topological polar surface area (TPSA) is 49.5 Å². The fraction of sp³-hybridized carbons (Fsp3) is 0.250. The van der Waals surface area contributed by atoms with Crippen molar-refractivity contribution in [3.05, 3.63) is 64.7 Å². The molecule has 0 amide bonds. The molecule has 0 heterocycles. The number of aliphatic hydroxyl groups excluding tert-OH is 1. The van der Waals surface area contributed by atoms with Gasteiger partial charge in [-0.2, -0.15) is 0 Å². The molecule has 2 aromatic rings. The van der Waals surface area contributed by atoms with Crippen LogP contribution >= 0.6 is 11.6 Å². The van der Waals surface area contributed by atoms with E-state index in [9.17, 15) is 5.11 Å². The molecule has 2 aromatic carbocycles. The largest absolute Gasteiger partial charge is 0.398 e. The Morgan fingerprint density at radius 1 is 1.00 bits per heavy atom. The second-order valence-corrected chi connectivity index (χ2v) is 5.13. The van der Waals surface area contributed by atoms with Gasteiger partial charge in [0.2, 0.25) is 0 Å². The zero-order chi connectivity index (χ0) is 14.4. The third-order valence-corrected chi connectivity index (χ3v) is 3.56. The van der Waals surface area contributed by atoms with Gasteiger partial charge in [0.15, 0.2) is 0 Å². The molecule has 106 valence electrons. The first kappa shape index (κ1) is 14.9. The molecule has 0 aromatic heterocycles. The van der Waals surface area contributed by atoms with Crippen LogP contribution in [0.15, 0.2) is 48.5 Å². The average molecular weight is 291 g/mol. The molecule has 3 N–H and O–H groups in total. The molecule has 0 bridgehead atoms. The number of anilines is 1. The molecule has 0 fully saturated rings. The Hall–Kier alpha value is -1.55. The highest BCUT2D eigenvalue weighted by Crippen LogP contribution is 2.24. The van der Waals surface area contributed by atoms with Crippen molar-refractivity contribution >= 4 is 17.3 Å². The molecule has 0 spiro atoms. The van der Waals surface area contributed by atoms with Crippen molar-refractivity contribution in [2.24, 2.45) is 0 Å². The monoisotopic (exact) mass is 290 g/mol. The Morgan fingerprint density at radius 2 is 1.75 bits per heavy atom. The molecule has 0 saturated carbocycles. The van der Waals surface area contributed by atoms with Crippen LogP contribution in [0.5, 0.6) is 0 Å². The van der Waals surface area contributed by atoms with Crippen molar-refractivity contribution in [2.75, 3.05) is 18.9 Å². The summed E-state index contributed by atoms with van der Waals surface area (Å²) in [6, 6.07) is 15.7. The SMILES string of the molecule is Nc1cccc(Cl)c1CN(CCO)Cc1ccccc1. The molecule has 2 rings (SSSR count). The molecule has 0 atom stereocenters. The van der Waals surface area contributed by atoms with Gasteiger partial charge < -0.3 is 10.8 Å². The average Bonchev–Trinajstić information content (AvgIpc) is 2.44. The number of nitrogens with two attached hydrogens (primary N) is 1. The molecule has 0 aliphatic carbocycles. The summed E-state index contributed by atoms with van der Waals surface area (Å²) in [4.78, 5) is 2.13. The van der Waals surface area contributed by atoms with Crippen LogP contribution in [-0.2, 0) is 13.1 Å². The number of benzene rings is 2. The van der Waals surface area contributed by atoms with E-state index in [1.165, 1.54) is 5.56 Å². The predicted octanol–water partition coefficient (Wildman–Crippen LogP) is 2.92. The highest BCUT2D eigenvalue weighted by molar-refractivity contribution is 6.31. The van der Waals surface area contributed by atoms with Crippen LogP contribution in [0.3, 0.4) is 0 Å². The van der Waals surface area contributed by atoms with Gasteiger partial charge in [-0.3, -0.25) is 4.90 Å². The quantitative estimate of drug-likeness (QED) is 0.804. The lowest BCUT2D eigenvalue weighted by Crippen LogP contribution is -2.26. The normalized spacial score (nSPS) is 10.9. The highest BCUT2D eigenvalue weighted by Gasteiger charge is 2.11. The summed E-state index contributed by atoms with van der Waals surface area (Å²) in [5.74, 6) is 0. The lowest BCUT2D eigenvalue weighted by atomic mass is 10.1. The van der Waals surface area contributed by atoms with Gasteiger partial charge in [0, 0.05) is 35.9 Å². The molecular weight excluding hydrogens is 272 g/mol. The Labute approximate surface area is 124 Å². The van der Waals surface area contributed by atoms with E-state index in [0.29, 0.717) is 23.8 Å². The van der Waals surface area contributed by atoms with Gasteiger partial charge in [-0.25, -0.2) is 0 Å². The Kier molecular flexibility index (Phi) is 5.41. The fourth-order valence-corrected chi connectivity index (χ4v) is 2.40. The smallest absolute Gasteiger partial charge is 0.0558 e. The molecule has 0 aliphatic heterocycles. The van der Waals surface area contributed by atoms with Crippen LogP contribution in [-0.4, -0.2) is 23.2 Å². The Bertz CT molecular complexity index is 525. The zero-order valence-corrected chi connectivity index (χ0v) is 12.1. The summed E-state index contributed by atoms with van der Waals surface area (Å²) in [6.45, 7) is 2.07. The number of aliphatic hydroxyl groups is 1. The zero-order valence-electron chi connectivity index (χ0n) is 11.3. The van der Waals surface area contributed by atoms with Crippen molar-refractivity contribution < 1.29 is 5.11 Å². The Balaban J connectivity index is 2.13. The van der Waals surface area contributed by atoms with E-state index in [1.807, 2.05) is 36.4 Å². The van der Waals surface area contributed by atoms with Crippen LogP contribution in [0.4, 0.5) is 5.69 Å². The van der Waals surface area contributed by atoms with Gasteiger partial charge in [-0.1, -0.05) is 48.0 Å². The number of rotatable bonds is 6. The number of halogens is 1. The van der Waals surface area contributed by atoms with Gasteiger partial charge in [0.1, 0.15) is 0 Å². The summed E-state index contributed by atoms with van der Waals surface area (Å²) in [5.41, 5.74) is 8.79. The van der Waals surface area contributed by atoms with E-state index in [1.54, 1.807) is 0 Å². The summed E-state index contributed by atoms with van der Waals surface area (Å²) < 4.78 is 0. The maximum absolute atomic E-state index is 9.23. The minimum atomic E-state index is 0.108. The lowest BCUT2D eigenvalue weighted by Gasteiger charge is -2.23. The van der Waals surface area contributed by atoms with Crippen molar-refractivity contribution in [1.29, 1.82) is 0 Å². The van der Waals surface area contributed by atoms with Crippen LogP contribution in [0.2, 0.25) is 5.02 Å². The minimum Gasteiger partial charge on any atom is -0.398 e. The van der Waals surface area contributed by atoms with E-state index in [4.69, 9.17) is 17.3 Å². The summed E-state index contributed by atoms with van der Waals surface area (Å²) >= 11 is 6.21. The molecule has 4 heteroatoms. The van der Waals surface area contributed by atoms with Gasteiger partial charge >= 0.3 is 0 Å². The van der Waals surface area contributed by atoms with Gasteiger partial charge in [0.25, 0.3) is 0 Å². The third kappa shape index (κ3) is 3.97. The first-order chi connectivity index (χ1) is 9.70. The van der Waals surface area contributed by atoms with E-state index >= 15 is 0 Å². The number of nitrogen functional groups attached to an aromatic ring is 1. The summed E-state index contributed by atoms with van der Waals surface area (Å²) in [6.07, 6.45) is 0. The third-order valence-electron chi connectivity index (χ3n) is 3.20. The molecule has 3 nitrogen and oxygen atoms in total. The molecule has 0 saturated heterocycles. The van der Waals surface area contributed by atoms with E-state index in [0.717, 1.165) is 12.1 Å². The number of hydrogen-bond acceptors (Lipinski definition) is 3. The maximum Gasteiger partial charge on any atom is 0.0558 e. The molecule has 0 radical (unpaired) electrons. The van der Waals surface area contributed by atoms with Gasteiger partial charge in [0.05, 0.1) is 6.61 Å². The molecule has 0 unspecified atom stereocenters. The second kappa shape index (κ2) is 7.29. The first-order valence-electron chi connectivity index (χ1n) is 6.60. The maximum atomic E-state index is 9.23. The van der Waals surface area contributed by atoms with Crippen molar-refractivity contribution in [3.63, 3.8) is 0 Å². The highest BCUT2D eigenvalue weighted by atomic mass is 35.5. The van der Waals surface area contributed by atoms with Crippen LogP contribution < -0.4 is 5.73 Å². The first-order valence-corrected chi connectivity index (χ1v) is 6.98. The van der Waals surface area contributed by atoms with Crippen molar-refractivity contribution in [2.45, 2.75) is 13.1 Å². The minimum absolute atomic E-state index is 0.108. The van der Waals surface area contributed by atoms with Crippen molar-refractivity contribution in [3.8, 4) is 0 Å². The van der Waals surface area contributed by atoms with E-state index in [-0.39, 0.29) is 6.61 Å². The van der Waals surface area contributed by atoms with Gasteiger partial charge in [-0.05, 0) is 17.7 Å². The summed E-state index contributed by atoms with van der Waals surface area (Å²) in [5, 5.41) is 9.89. The van der Waals surface area contributed by atoms with Crippen LogP contribution in [0.25, 0.3) is 0 Å². The number of hydrogen-bond donors (Lipinski definition) is 2.